The van der Waals surface area contributed by atoms with E-state index in [1.165, 1.54) is 0 Å². The van der Waals surface area contributed by atoms with Gasteiger partial charge < -0.3 is 15.8 Å². The lowest BCUT2D eigenvalue weighted by Crippen LogP contribution is -2.06. The molecule has 0 aliphatic heterocycles. The van der Waals surface area contributed by atoms with Crippen molar-refractivity contribution < 1.29 is 4.74 Å². The van der Waals surface area contributed by atoms with E-state index in [9.17, 15) is 0 Å². The van der Waals surface area contributed by atoms with Gasteiger partial charge in [0.15, 0.2) is 0 Å². The van der Waals surface area contributed by atoms with Crippen molar-refractivity contribution in [3.05, 3.63) is 29.6 Å². The second-order valence-corrected chi connectivity index (χ2v) is 4.03. The van der Waals surface area contributed by atoms with Crippen LogP contribution in [0.15, 0.2) is 18.3 Å². The molecule has 2 rings (SSSR count). The molecule has 0 fully saturated rings. The smallest absolute Gasteiger partial charge is 0.213 e. The minimum atomic E-state index is 0.600. The Hall–Kier alpha value is -2.24. The molecule has 0 atom stereocenters. The summed E-state index contributed by atoms with van der Waals surface area (Å²) in [6.07, 6.45) is 1.72. The molecule has 0 saturated heterocycles. The van der Waals surface area contributed by atoms with E-state index >= 15 is 0 Å². The molecule has 2 heterocycles. The van der Waals surface area contributed by atoms with Crippen molar-refractivity contribution in [2.75, 3.05) is 18.2 Å². The molecule has 0 unspecified atom stereocenters. The first-order valence-corrected chi connectivity index (χ1v) is 5.63. The number of nitrogens with zero attached hydrogens (tertiary/aromatic N) is 3. The SMILES string of the molecule is COc1cc(CNc2c(N)c(C)nn2C)ccn1. The van der Waals surface area contributed by atoms with Gasteiger partial charge in [-0.15, -0.1) is 0 Å². The van der Waals surface area contributed by atoms with Gasteiger partial charge in [0.1, 0.15) is 5.82 Å². The number of aromatic nitrogens is 3. The third-order valence-electron chi connectivity index (χ3n) is 2.74. The van der Waals surface area contributed by atoms with Gasteiger partial charge in [0.2, 0.25) is 5.88 Å². The largest absolute Gasteiger partial charge is 0.481 e. The molecule has 6 heteroatoms. The fourth-order valence-electron chi connectivity index (χ4n) is 1.74. The number of pyridine rings is 1. The molecule has 2 aromatic rings. The molecular formula is C12H17N5O. The maximum atomic E-state index is 5.94. The van der Waals surface area contributed by atoms with E-state index in [0.29, 0.717) is 18.1 Å². The minimum absolute atomic E-state index is 0.600. The number of nitrogens with one attached hydrogen (secondary N) is 1. The van der Waals surface area contributed by atoms with Gasteiger partial charge in [-0.1, -0.05) is 0 Å². The summed E-state index contributed by atoms with van der Waals surface area (Å²) >= 11 is 0. The highest BCUT2D eigenvalue weighted by Crippen LogP contribution is 2.21. The van der Waals surface area contributed by atoms with E-state index < -0.39 is 0 Å². The summed E-state index contributed by atoms with van der Waals surface area (Å²) in [4.78, 5) is 4.06. The third-order valence-corrected chi connectivity index (χ3v) is 2.74. The molecule has 3 N–H and O–H groups in total. The van der Waals surface area contributed by atoms with Crippen molar-refractivity contribution >= 4 is 11.5 Å². The van der Waals surface area contributed by atoms with Crippen LogP contribution in [0.3, 0.4) is 0 Å². The van der Waals surface area contributed by atoms with Gasteiger partial charge in [0.05, 0.1) is 18.5 Å². The highest BCUT2D eigenvalue weighted by Gasteiger charge is 2.09. The zero-order valence-corrected chi connectivity index (χ0v) is 10.8. The summed E-state index contributed by atoms with van der Waals surface area (Å²) in [6, 6.07) is 3.81. The minimum Gasteiger partial charge on any atom is -0.481 e. The molecular weight excluding hydrogens is 230 g/mol. The first-order chi connectivity index (χ1) is 8.61. The number of rotatable bonds is 4. The summed E-state index contributed by atoms with van der Waals surface area (Å²) in [5, 5.41) is 7.51. The summed E-state index contributed by atoms with van der Waals surface area (Å²) in [5.41, 5.74) is 8.52. The predicted molar refractivity (Wildman–Crippen MR) is 70.5 cm³/mol. The fraction of sp³-hybridized carbons (Fsp3) is 0.333. The van der Waals surface area contributed by atoms with Crippen LogP contribution in [0.4, 0.5) is 11.5 Å². The number of anilines is 2. The van der Waals surface area contributed by atoms with Gasteiger partial charge in [0, 0.05) is 25.9 Å². The average molecular weight is 247 g/mol. The predicted octanol–water partition coefficient (Wildman–Crippen LogP) is 1.33. The van der Waals surface area contributed by atoms with Gasteiger partial charge in [0.25, 0.3) is 0 Å². The molecule has 6 nitrogen and oxygen atoms in total. The Morgan fingerprint density at radius 3 is 2.89 bits per heavy atom. The number of hydrogen-bond donors (Lipinski definition) is 2. The summed E-state index contributed by atoms with van der Waals surface area (Å²) < 4.78 is 6.82. The molecule has 0 bridgehead atoms. The molecule has 0 spiro atoms. The Bertz CT molecular complexity index is 549. The van der Waals surface area contributed by atoms with Gasteiger partial charge in [-0.3, -0.25) is 4.68 Å². The lowest BCUT2D eigenvalue weighted by Gasteiger charge is -2.08. The number of methoxy groups -OCH3 is 1. The molecule has 0 aliphatic rings. The summed E-state index contributed by atoms with van der Waals surface area (Å²) in [5.74, 6) is 1.42. The van der Waals surface area contributed by atoms with E-state index in [-0.39, 0.29) is 0 Å². The summed E-state index contributed by atoms with van der Waals surface area (Å²) in [7, 11) is 3.46. The standard InChI is InChI=1S/C12H17N5O/c1-8-11(13)12(17(2)16-8)15-7-9-4-5-14-10(6-9)18-3/h4-6,15H,7,13H2,1-3H3. The molecule has 96 valence electrons. The van der Waals surface area contributed by atoms with Crippen molar-refractivity contribution in [2.24, 2.45) is 7.05 Å². The van der Waals surface area contributed by atoms with Crippen molar-refractivity contribution in [3.63, 3.8) is 0 Å². The highest BCUT2D eigenvalue weighted by atomic mass is 16.5. The van der Waals surface area contributed by atoms with Gasteiger partial charge in [-0.25, -0.2) is 4.98 Å². The number of nitrogen functional groups attached to an aromatic ring is 1. The molecule has 0 aliphatic carbocycles. The van der Waals surface area contributed by atoms with Crippen molar-refractivity contribution in [1.29, 1.82) is 0 Å². The van der Waals surface area contributed by atoms with Gasteiger partial charge in [-0.05, 0) is 18.6 Å². The fourth-order valence-corrected chi connectivity index (χ4v) is 1.74. The van der Waals surface area contributed by atoms with Crippen molar-refractivity contribution in [1.82, 2.24) is 14.8 Å². The van der Waals surface area contributed by atoms with Gasteiger partial charge >= 0.3 is 0 Å². The number of aryl methyl sites for hydroxylation is 2. The maximum Gasteiger partial charge on any atom is 0.213 e. The lowest BCUT2D eigenvalue weighted by atomic mass is 10.2. The number of nitrogens with two attached hydrogens (primary N) is 1. The first-order valence-electron chi connectivity index (χ1n) is 5.63. The molecule has 18 heavy (non-hydrogen) atoms. The molecule has 2 aromatic heterocycles. The van der Waals surface area contributed by atoms with Crippen LogP contribution in [0.1, 0.15) is 11.3 Å². The van der Waals surface area contributed by atoms with Crippen molar-refractivity contribution in [3.8, 4) is 5.88 Å². The van der Waals surface area contributed by atoms with Crippen LogP contribution < -0.4 is 15.8 Å². The lowest BCUT2D eigenvalue weighted by molar-refractivity contribution is 0.397. The Morgan fingerprint density at radius 2 is 2.28 bits per heavy atom. The van der Waals surface area contributed by atoms with Crippen LogP contribution in [-0.4, -0.2) is 21.9 Å². The number of hydrogen-bond acceptors (Lipinski definition) is 5. The van der Waals surface area contributed by atoms with Crippen LogP contribution in [-0.2, 0) is 13.6 Å². The zero-order chi connectivity index (χ0) is 13.1. The normalized spacial score (nSPS) is 10.4. The monoisotopic (exact) mass is 247 g/mol. The first kappa shape index (κ1) is 12.2. The zero-order valence-electron chi connectivity index (χ0n) is 10.8. The van der Waals surface area contributed by atoms with Crippen LogP contribution >= 0.6 is 0 Å². The van der Waals surface area contributed by atoms with Crippen LogP contribution in [0, 0.1) is 6.92 Å². The molecule has 0 saturated carbocycles. The Morgan fingerprint density at radius 1 is 1.50 bits per heavy atom. The quantitative estimate of drug-likeness (QED) is 0.852. The molecule has 0 amide bonds. The van der Waals surface area contributed by atoms with Gasteiger partial charge in [-0.2, -0.15) is 5.10 Å². The summed E-state index contributed by atoms with van der Waals surface area (Å²) in [6.45, 7) is 2.53. The second kappa shape index (κ2) is 4.95. The van der Waals surface area contributed by atoms with Crippen molar-refractivity contribution in [2.45, 2.75) is 13.5 Å². The highest BCUT2D eigenvalue weighted by molar-refractivity contribution is 5.64. The van der Waals surface area contributed by atoms with Crippen LogP contribution in [0.25, 0.3) is 0 Å². The maximum absolute atomic E-state index is 5.94. The Balaban J connectivity index is 2.11. The van der Waals surface area contributed by atoms with E-state index in [4.69, 9.17) is 10.5 Å². The molecule has 0 aromatic carbocycles. The third kappa shape index (κ3) is 2.37. The van der Waals surface area contributed by atoms with E-state index in [1.54, 1.807) is 18.0 Å². The van der Waals surface area contributed by atoms with Crippen LogP contribution in [0.5, 0.6) is 5.88 Å². The van der Waals surface area contributed by atoms with E-state index in [0.717, 1.165) is 17.1 Å². The Kier molecular flexibility index (Phi) is 3.36. The van der Waals surface area contributed by atoms with E-state index in [1.807, 2.05) is 26.1 Å². The molecule has 0 radical (unpaired) electrons. The number of ether oxygens (including phenoxy) is 1. The average Bonchev–Trinajstić information content (AvgIpc) is 2.61. The van der Waals surface area contributed by atoms with Crippen LogP contribution in [0.2, 0.25) is 0 Å². The Labute approximate surface area is 106 Å². The van der Waals surface area contributed by atoms with E-state index in [2.05, 4.69) is 15.4 Å². The topological polar surface area (TPSA) is 78.0 Å². The second-order valence-electron chi connectivity index (χ2n) is 4.03.